The molecule has 8 heteroatoms. The van der Waals surface area contributed by atoms with Crippen LogP contribution in [0.5, 0.6) is 0 Å². The second-order valence-corrected chi connectivity index (χ2v) is 8.30. The number of ether oxygens (including phenoxy) is 2. The zero-order chi connectivity index (χ0) is 14.8. The molecule has 0 amide bonds. The molecule has 1 aliphatic rings. The standard InChI is InChI=1S/C6H5F2O5.C6H5.Bi/c7-6(8)4(12-2-10)3(1-9)13-5(6)11;1-2-4-6-5-3-1;/h3-4,9H,1H2;1-5H;/t3-,4+;;/m1../s1. The van der Waals surface area contributed by atoms with E-state index in [-0.39, 0.29) is 0 Å². The molecule has 2 atom stereocenters. The van der Waals surface area contributed by atoms with Crippen molar-refractivity contribution in [3.05, 3.63) is 30.3 Å². The first-order chi connectivity index (χ1) is 9.45. The monoisotopic (exact) mass is 481 g/mol. The van der Waals surface area contributed by atoms with Crippen LogP contribution in [0.4, 0.5) is 13.6 Å². The van der Waals surface area contributed by atoms with Crippen LogP contribution in [0.1, 0.15) is 0 Å². The summed E-state index contributed by atoms with van der Waals surface area (Å²) in [5.41, 5.74) is 0. The van der Waals surface area contributed by atoms with E-state index in [0.29, 0.717) is 0 Å². The van der Waals surface area contributed by atoms with E-state index in [1.54, 1.807) is 30.3 Å². The van der Waals surface area contributed by atoms with Gasteiger partial charge in [-0.05, 0) is 0 Å². The summed E-state index contributed by atoms with van der Waals surface area (Å²) in [4.78, 5) is 22.7. The third-order valence-corrected chi connectivity index (χ3v) is 5.89. The fourth-order valence-electron chi connectivity index (χ4n) is 1.65. The van der Waals surface area contributed by atoms with Crippen LogP contribution in [-0.2, 0) is 14.3 Å². The molecular formula is C12H10BiF2O5. The molecule has 5 nitrogen and oxygen atoms in total. The van der Waals surface area contributed by atoms with Crippen molar-refractivity contribution in [3.8, 4) is 0 Å². The number of cyclic esters (lactones) is 1. The fourth-order valence-corrected chi connectivity index (χ4v) is 4.37. The van der Waals surface area contributed by atoms with E-state index in [2.05, 4.69) is 9.47 Å². The molecule has 0 bridgehead atoms. The van der Waals surface area contributed by atoms with Crippen LogP contribution in [0.2, 0.25) is 0 Å². The second kappa shape index (κ2) is 6.10. The van der Waals surface area contributed by atoms with Crippen LogP contribution in [0.15, 0.2) is 30.3 Å². The van der Waals surface area contributed by atoms with Crippen molar-refractivity contribution in [1.82, 2.24) is 0 Å². The van der Waals surface area contributed by atoms with Gasteiger partial charge < -0.3 is 0 Å². The topological polar surface area (TPSA) is 72.8 Å². The molecule has 1 N–H and O–H groups in total. The van der Waals surface area contributed by atoms with Crippen LogP contribution >= 0.6 is 0 Å². The average Bonchev–Trinajstić information content (AvgIpc) is 2.63. The van der Waals surface area contributed by atoms with Gasteiger partial charge in [0.15, 0.2) is 0 Å². The van der Waals surface area contributed by atoms with Crippen molar-refractivity contribution in [2.45, 2.75) is 18.1 Å². The SMILES string of the molecule is O=[C](O[C@H]1[C@@H](CO)OC(=O)C1(F)F)[Bi][c]1ccccc1. The Labute approximate surface area is 124 Å². The molecule has 1 aromatic rings. The molecule has 2 rings (SSSR count). The first-order valence-corrected chi connectivity index (χ1v) is 9.10. The molecule has 0 aromatic heterocycles. The van der Waals surface area contributed by atoms with Gasteiger partial charge in [-0.15, -0.1) is 0 Å². The Kier molecular flexibility index (Phi) is 4.65. The number of esters is 1. The zero-order valence-corrected chi connectivity index (χ0v) is 13.5. The number of aliphatic hydroxyl groups is 1. The number of benzene rings is 1. The number of carbonyl (C=O) groups is 2. The summed E-state index contributed by atoms with van der Waals surface area (Å²) in [6.07, 6.45) is -3.57. The number of hydrogen-bond donors (Lipinski definition) is 1. The Morgan fingerprint density at radius 1 is 1.40 bits per heavy atom. The van der Waals surface area contributed by atoms with Crippen molar-refractivity contribution in [3.63, 3.8) is 0 Å². The molecule has 1 saturated heterocycles. The first-order valence-electron chi connectivity index (χ1n) is 5.62. The van der Waals surface area contributed by atoms with Gasteiger partial charge in [-0.25, -0.2) is 0 Å². The van der Waals surface area contributed by atoms with Crippen molar-refractivity contribution in [2.75, 3.05) is 6.61 Å². The maximum absolute atomic E-state index is 13.5. The van der Waals surface area contributed by atoms with Crippen molar-refractivity contribution in [1.29, 1.82) is 0 Å². The van der Waals surface area contributed by atoms with Gasteiger partial charge >= 0.3 is 124 Å². The summed E-state index contributed by atoms with van der Waals surface area (Å²) in [6, 6.07) is 8.68. The van der Waals surface area contributed by atoms with E-state index in [0.717, 1.165) is 3.27 Å². The van der Waals surface area contributed by atoms with Gasteiger partial charge in [-0.2, -0.15) is 0 Å². The normalized spacial score (nSPS) is 24.2. The van der Waals surface area contributed by atoms with Gasteiger partial charge in [0.2, 0.25) is 0 Å². The van der Waals surface area contributed by atoms with Gasteiger partial charge in [-0.3, -0.25) is 0 Å². The number of carbonyl (C=O) groups excluding carboxylic acids is 2. The summed E-state index contributed by atoms with van der Waals surface area (Å²) >= 11 is -1.96. The molecule has 1 fully saturated rings. The third kappa shape index (κ3) is 3.12. The molecule has 1 aliphatic heterocycles. The van der Waals surface area contributed by atoms with Crippen LogP contribution < -0.4 is 3.27 Å². The maximum atomic E-state index is 13.5. The number of alkyl halides is 2. The Bertz CT molecular complexity index is 508. The summed E-state index contributed by atoms with van der Waals surface area (Å²) in [5.74, 6) is -5.69. The average molecular weight is 481 g/mol. The Morgan fingerprint density at radius 3 is 2.65 bits per heavy atom. The van der Waals surface area contributed by atoms with Crippen molar-refractivity contribution in [2.24, 2.45) is 0 Å². The Balaban J connectivity index is 2.04. The summed E-state index contributed by atoms with van der Waals surface area (Å²) < 4.78 is 36.0. The molecule has 1 heterocycles. The molecule has 1 radical (unpaired) electrons. The zero-order valence-electron chi connectivity index (χ0n) is 10.0. The predicted octanol–water partition coefficient (Wildman–Crippen LogP) is 0.0743. The van der Waals surface area contributed by atoms with Gasteiger partial charge in [-0.1, -0.05) is 0 Å². The Morgan fingerprint density at radius 2 is 2.05 bits per heavy atom. The summed E-state index contributed by atoms with van der Waals surface area (Å²) in [6.45, 7) is -0.823. The van der Waals surface area contributed by atoms with Crippen LogP contribution in [0, 0.1) is 0 Å². The van der Waals surface area contributed by atoms with Crippen molar-refractivity contribution < 1.29 is 33.0 Å². The van der Waals surface area contributed by atoms with E-state index >= 15 is 0 Å². The number of aliphatic hydroxyl groups excluding tert-OH is 1. The van der Waals surface area contributed by atoms with E-state index in [9.17, 15) is 18.4 Å². The molecule has 20 heavy (non-hydrogen) atoms. The third-order valence-electron chi connectivity index (χ3n) is 2.61. The minimum absolute atomic E-state index is 0.738. The van der Waals surface area contributed by atoms with E-state index in [4.69, 9.17) is 5.11 Å². The molecule has 0 aliphatic carbocycles. The van der Waals surface area contributed by atoms with Gasteiger partial charge in [0.25, 0.3) is 0 Å². The van der Waals surface area contributed by atoms with Crippen molar-refractivity contribution >= 4 is 36.2 Å². The quantitative estimate of drug-likeness (QED) is 0.488. The minimum atomic E-state index is -3.92. The van der Waals surface area contributed by atoms with Gasteiger partial charge in [0.1, 0.15) is 0 Å². The van der Waals surface area contributed by atoms with Gasteiger partial charge in [0.05, 0.1) is 0 Å². The van der Waals surface area contributed by atoms with Gasteiger partial charge in [0, 0.05) is 0 Å². The molecule has 0 saturated carbocycles. The number of rotatable bonds is 4. The molecule has 1 aromatic carbocycles. The second-order valence-electron chi connectivity index (χ2n) is 4.00. The van der Waals surface area contributed by atoms with E-state index in [1.807, 2.05) is 0 Å². The molecule has 0 unspecified atom stereocenters. The fraction of sp³-hybridized carbons (Fsp3) is 0.333. The van der Waals surface area contributed by atoms with Crippen LogP contribution in [0.25, 0.3) is 0 Å². The Hall–Kier alpha value is -1.14. The molecular weight excluding hydrogens is 471 g/mol. The summed E-state index contributed by atoms with van der Waals surface area (Å²) in [5, 5.41) is 8.90. The van der Waals surface area contributed by atoms with E-state index in [1.165, 1.54) is 0 Å². The first kappa shape index (κ1) is 15.3. The number of halogens is 2. The molecule has 0 spiro atoms. The summed E-state index contributed by atoms with van der Waals surface area (Å²) in [7, 11) is 0. The number of hydrogen-bond acceptors (Lipinski definition) is 5. The predicted molar refractivity (Wildman–Crippen MR) is 64.0 cm³/mol. The van der Waals surface area contributed by atoms with Crippen LogP contribution in [-0.4, -0.2) is 62.7 Å². The van der Waals surface area contributed by atoms with E-state index < -0.39 is 57.6 Å². The molecule has 107 valence electrons. The van der Waals surface area contributed by atoms with Crippen LogP contribution in [0.3, 0.4) is 0 Å².